The molecule has 29 heavy (non-hydrogen) atoms. The lowest BCUT2D eigenvalue weighted by atomic mass is 9.90. The lowest BCUT2D eigenvalue weighted by molar-refractivity contribution is -0.104. The lowest BCUT2D eigenvalue weighted by Gasteiger charge is -2.14. The highest BCUT2D eigenvalue weighted by molar-refractivity contribution is 6.06. The molecule has 2 aromatic carbocycles. The third-order valence-corrected chi connectivity index (χ3v) is 6.09. The Morgan fingerprint density at radius 2 is 1.45 bits per heavy atom. The predicted octanol–water partition coefficient (Wildman–Crippen LogP) is 5.97. The molecule has 2 aromatic rings. The van der Waals surface area contributed by atoms with Gasteiger partial charge in [0, 0.05) is 11.1 Å². The van der Waals surface area contributed by atoms with Crippen molar-refractivity contribution in [3.8, 4) is 0 Å². The van der Waals surface area contributed by atoms with Crippen LogP contribution in [0.3, 0.4) is 0 Å². The molecule has 1 atom stereocenters. The molecule has 0 aliphatic heterocycles. The van der Waals surface area contributed by atoms with E-state index < -0.39 is 0 Å². The van der Waals surface area contributed by atoms with Gasteiger partial charge in [-0.05, 0) is 70.4 Å². The molecule has 2 aliphatic carbocycles. The molecule has 2 nitrogen and oxygen atoms in total. The van der Waals surface area contributed by atoms with E-state index in [-0.39, 0.29) is 0 Å². The Bertz CT molecular complexity index is 978. The van der Waals surface area contributed by atoms with Gasteiger partial charge in [-0.25, -0.2) is 0 Å². The second kappa shape index (κ2) is 8.32. The number of aldehydes is 2. The Labute approximate surface area is 174 Å². The zero-order valence-corrected chi connectivity index (χ0v) is 17.8. The van der Waals surface area contributed by atoms with Crippen LogP contribution in [0.4, 0.5) is 0 Å². The molecular formula is C27H30O2. The number of carbonyl (C=O) groups excluding carboxylic acids is 2. The van der Waals surface area contributed by atoms with Crippen LogP contribution in [0, 0.1) is 5.41 Å². The smallest absolute Gasteiger partial charge is 0.150 e. The summed E-state index contributed by atoms with van der Waals surface area (Å²) in [6.07, 6.45) is 6.28. The molecule has 0 bridgehead atoms. The quantitative estimate of drug-likeness (QED) is 0.479. The Balaban J connectivity index is 0.000000166. The number of carbonyl (C=O) groups is 2. The van der Waals surface area contributed by atoms with E-state index in [1.807, 2.05) is 12.1 Å². The van der Waals surface area contributed by atoms with Gasteiger partial charge in [0.15, 0.2) is 0 Å². The number of allylic oxidation sites excluding steroid dienone is 2. The van der Waals surface area contributed by atoms with Gasteiger partial charge in [-0.3, -0.25) is 9.59 Å². The average molecular weight is 387 g/mol. The summed E-state index contributed by atoms with van der Waals surface area (Å²) in [4.78, 5) is 21.2. The van der Waals surface area contributed by atoms with Crippen LogP contribution < -0.4 is 0 Å². The van der Waals surface area contributed by atoms with Gasteiger partial charge in [-0.2, -0.15) is 0 Å². The van der Waals surface area contributed by atoms with Crippen molar-refractivity contribution >= 4 is 23.7 Å². The van der Waals surface area contributed by atoms with Gasteiger partial charge in [-0.1, -0.05) is 70.3 Å². The van der Waals surface area contributed by atoms with Crippen molar-refractivity contribution in [3.05, 3.63) is 82.9 Å². The molecule has 0 heterocycles. The summed E-state index contributed by atoms with van der Waals surface area (Å²) in [5.41, 5.74) is 9.06. The molecule has 4 rings (SSSR count). The van der Waals surface area contributed by atoms with Crippen molar-refractivity contribution in [1.82, 2.24) is 0 Å². The van der Waals surface area contributed by atoms with E-state index in [9.17, 15) is 9.59 Å². The Morgan fingerprint density at radius 3 is 2.07 bits per heavy atom. The third-order valence-electron chi connectivity index (χ3n) is 6.09. The molecule has 0 fully saturated rings. The molecule has 0 spiro atoms. The number of aryl methyl sites for hydroxylation is 1. The first kappa shape index (κ1) is 21.0. The predicted molar refractivity (Wildman–Crippen MR) is 121 cm³/mol. The van der Waals surface area contributed by atoms with Crippen LogP contribution in [-0.2, 0) is 28.9 Å². The summed E-state index contributed by atoms with van der Waals surface area (Å²) < 4.78 is 0. The minimum absolute atomic E-state index is 0.365. The summed E-state index contributed by atoms with van der Waals surface area (Å²) in [7, 11) is 0. The van der Waals surface area contributed by atoms with E-state index in [1.54, 1.807) is 0 Å². The molecule has 0 saturated carbocycles. The SMILES string of the molecule is C=C(C=O)c1ccc2c(c1)C(C)CC2.C=C(C=O)c1ccc2c(c1)CC(C)(C)C2. The third kappa shape index (κ3) is 4.64. The van der Waals surface area contributed by atoms with Gasteiger partial charge in [0.1, 0.15) is 12.6 Å². The number of hydrogen-bond acceptors (Lipinski definition) is 2. The zero-order chi connectivity index (χ0) is 21.2. The average Bonchev–Trinajstić information content (AvgIpc) is 3.23. The number of benzene rings is 2. The maximum Gasteiger partial charge on any atom is 0.150 e. The van der Waals surface area contributed by atoms with Crippen LogP contribution in [0.25, 0.3) is 11.1 Å². The van der Waals surface area contributed by atoms with Gasteiger partial charge in [0.05, 0.1) is 0 Å². The van der Waals surface area contributed by atoms with E-state index in [4.69, 9.17) is 0 Å². The van der Waals surface area contributed by atoms with Crippen LogP contribution in [0.1, 0.15) is 66.5 Å². The Morgan fingerprint density at radius 1 is 0.897 bits per heavy atom. The fourth-order valence-corrected chi connectivity index (χ4v) is 4.40. The van der Waals surface area contributed by atoms with Crippen molar-refractivity contribution < 1.29 is 9.59 Å². The fourth-order valence-electron chi connectivity index (χ4n) is 4.40. The van der Waals surface area contributed by atoms with Crippen molar-refractivity contribution in [2.75, 3.05) is 0 Å². The Kier molecular flexibility index (Phi) is 6.02. The summed E-state index contributed by atoms with van der Waals surface area (Å²) in [6.45, 7) is 14.3. The van der Waals surface area contributed by atoms with Crippen LogP contribution in [0.15, 0.2) is 49.6 Å². The first-order chi connectivity index (χ1) is 13.7. The second-order valence-electron chi connectivity index (χ2n) is 9.14. The van der Waals surface area contributed by atoms with Crippen LogP contribution in [0.2, 0.25) is 0 Å². The number of hydrogen-bond donors (Lipinski definition) is 0. The van der Waals surface area contributed by atoms with E-state index in [1.165, 1.54) is 35.1 Å². The maximum atomic E-state index is 10.6. The van der Waals surface area contributed by atoms with Gasteiger partial charge in [0.25, 0.3) is 0 Å². The van der Waals surface area contributed by atoms with Crippen molar-refractivity contribution in [3.63, 3.8) is 0 Å². The van der Waals surface area contributed by atoms with E-state index in [2.05, 4.69) is 58.2 Å². The van der Waals surface area contributed by atoms with E-state index >= 15 is 0 Å². The summed E-state index contributed by atoms with van der Waals surface area (Å²) in [5, 5.41) is 0. The minimum atomic E-state index is 0.365. The van der Waals surface area contributed by atoms with Gasteiger partial charge >= 0.3 is 0 Å². The summed E-state index contributed by atoms with van der Waals surface area (Å²) in [5.74, 6) is 0.629. The highest BCUT2D eigenvalue weighted by Gasteiger charge is 2.28. The summed E-state index contributed by atoms with van der Waals surface area (Å²) in [6, 6.07) is 12.5. The molecule has 0 amide bonds. The monoisotopic (exact) mass is 386 g/mol. The topological polar surface area (TPSA) is 34.1 Å². The van der Waals surface area contributed by atoms with Crippen LogP contribution in [0.5, 0.6) is 0 Å². The zero-order valence-electron chi connectivity index (χ0n) is 17.8. The molecule has 2 aliphatic rings. The van der Waals surface area contributed by atoms with Crippen molar-refractivity contribution in [1.29, 1.82) is 0 Å². The Hall–Kier alpha value is -2.74. The molecule has 150 valence electrons. The van der Waals surface area contributed by atoms with E-state index in [0.29, 0.717) is 22.5 Å². The first-order valence-corrected chi connectivity index (χ1v) is 10.3. The van der Waals surface area contributed by atoms with Crippen LogP contribution >= 0.6 is 0 Å². The maximum absolute atomic E-state index is 10.6. The summed E-state index contributed by atoms with van der Waals surface area (Å²) >= 11 is 0. The molecule has 2 heteroatoms. The molecule has 0 aromatic heterocycles. The molecule has 0 N–H and O–H groups in total. The largest absolute Gasteiger partial charge is 0.298 e. The van der Waals surface area contributed by atoms with Crippen molar-refractivity contribution in [2.45, 2.75) is 52.4 Å². The molecule has 0 radical (unpaired) electrons. The minimum Gasteiger partial charge on any atom is -0.298 e. The normalized spacial score (nSPS) is 18.1. The first-order valence-electron chi connectivity index (χ1n) is 10.3. The second-order valence-corrected chi connectivity index (χ2v) is 9.14. The van der Waals surface area contributed by atoms with Gasteiger partial charge in [0.2, 0.25) is 0 Å². The van der Waals surface area contributed by atoms with Gasteiger partial charge in [-0.15, -0.1) is 0 Å². The molecular weight excluding hydrogens is 356 g/mol. The lowest BCUT2D eigenvalue weighted by Crippen LogP contribution is -2.09. The standard InChI is InChI=1S/C14H16O.C13H14O/c1-10(9-15)11-4-5-12-7-14(2,3)8-13(12)6-11;1-9-3-4-11-5-6-12(7-13(9)11)10(2)8-14/h4-6,9H,1,7-8H2,2-3H3;5-9H,2-4H2,1H3. The van der Waals surface area contributed by atoms with Crippen LogP contribution in [-0.4, -0.2) is 12.6 Å². The number of fused-ring (bicyclic) bond motifs is 2. The van der Waals surface area contributed by atoms with E-state index in [0.717, 1.165) is 36.5 Å². The van der Waals surface area contributed by atoms with Crippen molar-refractivity contribution in [2.24, 2.45) is 5.41 Å². The fraction of sp³-hybridized carbons (Fsp3) is 0.333. The molecule has 0 saturated heterocycles. The highest BCUT2D eigenvalue weighted by atomic mass is 16.1. The number of rotatable bonds is 4. The molecule has 1 unspecified atom stereocenters. The van der Waals surface area contributed by atoms with Gasteiger partial charge < -0.3 is 0 Å². The highest BCUT2D eigenvalue weighted by Crippen LogP contribution is 2.37.